The van der Waals surface area contributed by atoms with Crippen LogP contribution in [0.4, 0.5) is 5.69 Å². The quantitative estimate of drug-likeness (QED) is 0.762. The van der Waals surface area contributed by atoms with E-state index in [4.69, 9.17) is 11.6 Å². The molecule has 3 heteroatoms. The minimum absolute atomic E-state index is 0.381. The Morgan fingerprint density at radius 1 is 1.26 bits per heavy atom. The Morgan fingerprint density at radius 3 is 2.89 bits per heavy atom. The van der Waals surface area contributed by atoms with E-state index in [1.807, 2.05) is 13.0 Å². The normalized spacial score (nSPS) is 17.3. The van der Waals surface area contributed by atoms with Crippen LogP contribution in [0.2, 0.25) is 5.02 Å². The zero-order chi connectivity index (χ0) is 13.4. The van der Waals surface area contributed by atoms with Gasteiger partial charge in [-0.2, -0.15) is 0 Å². The zero-order valence-electron chi connectivity index (χ0n) is 10.7. The largest absolute Gasteiger partial charge is 0.378 e. The molecule has 0 bridgehead atoms. The van der Waals surface area contributed by atoms with E-state index in [2.05, 4.69) is 51.6 Å². The van der Waals surface area contributed by atoms with Gasteiger partial charge in [0.2, 0.25) is 0 Å². The first-order chi connectivity index (χ1) is 9.15. The first-order valence-corrected chi connectivity index (χ1v) is 7.62. The van der Waals surface area contributed by atoms with Crippen LogP contribution in [-0.2, 0) is 6.42 Å². The lowest BCUT2D eigenvalue weighted by Gasteiger charge is -2.16. The van der Waals surface area contributed by atoms with Gasteiger partial charge < -0.3 is 5.32 Å². The maximum atomic E-state index is 6.18. The summed E-state index contributed by atoms with van der Waals surface area (Å²) in [5, 5.41) is 4.40. The predicted octanol–water partition coefficient (Wildman–Crippen LogP) is 5.51. The maximum Gasteiger partial charge on any atom is 0.0520 e. The van der Waals surface area contributed by atoms with Gasteiger partial charge in [0.15, 0.2) is 0 Å². The van der Waals surface area contributed by atoms with Gasteiger partial charge in [-0.05, 0) is 54.7 Å². The second-order valence-corrected chi connectivity index (χ2v) is 6.27. The summed E-state index contributed by atoms with van der Waals surface area (Å²) in [5.74, 6) is 0. The molecule has 0 fully saturated rings. The molecule has 1 aliphatic rings. The number of nitrogens with one attached hydrogen (secondary N) is 1. The zero-order valence-corrected chi connectivity index (χ0v) is 13.1. The fourth-order valence-electron chi connectivity index (χ4n) is 2.64. The molecule has 0 aliphatic heterocycles. The molecular weight excluding hydrogens is 322 g/mol. The number of benzene rings is 2. The van der Waals surface area contributed by atoms with E-state index >= 15 is 0 Å². The number of anilines is 1. The molecule has 1 atom stereocenters. The minimum atomic E-state index is 0.381. The molecule has 2 aromatic carbocycles. The van der Waals surface area contributed by atoms with Gasteiger partial charge >= 0.3 is 0 Å². The van der Waals surface area contributed by atoms with Gasteiger partial charge in [-0.25, -0.2) is 0 Å². The third-order valence-electron chi connectivity index (χ3n) is 3.73. The molecule has 0 saturated heterocycles. The van der Waals surface area contributed by atoms with Crippen molar-refractivity contribution in [3.63, 3.8) is 0 Å². The van der Waals surface area contributed by atoms with E-state index in [0.717, 1.165) is 29.1 Å². The molecule has 1 aliphatic carbocycles. The fraction of sp³-hybridized carbons (Fsp3) is 0.250. The SMILES string of the molecule is Cc1ccc(NC2CCc3c(Br)cccc32)cc1Cl. The number of hydrogen-bond donors (Lipinski definition) is 1. The van der Waals surface area contributed by atoms with Gasteiger partial charge in [0, 0.05) is 15.2 Å². The van der Waals surface area contributed by atoms with Crippen LogP contribution in [0.15, 0.2) is 40.9 Å². The van der Waals surface area contributed by atoms with E-state index in [0.29, 0.717) is 6.04 Å². The second-order valence-electron chi connectivity index (χ2n) is 5.01. The van der Waals surface area contributed by atoms with Gasteiger partial charge in [0.05, 0.1) is 6.04 Å². The van der Waals surface area contributed by atoms with Crippen molar-refractivity contribution in [3.8, 4) is 0 Å². The number of hydrogen-bond acceptors (Lipinski definition) is 1. The van der Waals surface area contributed by atoms with Crippen molar-refractivity contribution in [2.75, 3.05) is 5.32 Å². The van der Waals surface area contributed by atoms with E-state index in [9.17, 15) is 0 Å². The van der Waals surface area contributed by atoms with Crippen LogP contribution < -0.4 is 5.32 Å². The second kappa shape index (κ2) is 5.18. The van der Waals surface area contributed by atoms with Crippen molar-refractivity contribution in [2.24, 2.45) is 0 Å². The van der Waals surface area contributed by atoms with Crippen molar-refractivity contribution in [2.45, 2.75) is 25.8 Å². The van der Waals surface area contributed by atoms with Crippen LogP contribution in [0.3, 0.4) is 0 Å². The smallest absolute Gasteiger partial charge is 0.0520 e. The molecule has 0 spiro atoms. The van der Waals surface area contributed by atoms with Crippen molar-refractivity contribution >= 4 is 33.2 Å². The highest BCUT2D eigenvalue weighted by molar-refractivity contribution is 9.10. The molecule has 1 N–H and O–H groups in total. The van der Waals surface area contributed by atoms with E-state index in [1.165, 1.54) is 15.6 Å². The summed E-state index contributed by atoms with van der Waals surface area (Å²) in [4.78, 5) is 0. The minimum Gasteiger partial charge on any atom is -0.378 e. The highest BCUT2D eigenvalue weighted by atomic mass is 79.9. The number of halogens is 2. The fourth-order valence-corrected chi connectivity index (χ4v) is 3.40. The number of aryl methyl sites for hydroxylation is 1. The molecule has 2 aromatic rings. The third-order valence-corrected chi connectivity index (χ3v) is 4.88. The van der Waals surface area contributed by atoms with Crippen molar-refractivity contribution in [1.82, 2.24) is 0 Å². The maximum absolute atomic E-state index is 6.18. The van der Waals surface area contributed by atoms with Gasteiger partial charge in [-0.1, -0.05) is 45.7 Å². The van der Waals surface area contributed by atoms with E-state index < -0.39 is 0 Å². The molecule has 19 heavy (non-hydrogen) atoms. The first-order valence-electron chi connectivity index (χ1n) is 6.45. The van der Waals surface area contributed by atoms with Crippen LogP contribution in [0.5, 0.6) is 0 Å². The molecule has 0 radical (unpaired) electrons. The molecular formula is C16H15BrClN. The Labute approximate surface area is 127 Å². The predicted molar refractivity (Wildman–Crippen MR) is 85.0 cm³/mol. The summed E-state index contributed by atoms with van der Waals surface area (Å²) >= 11 is 9.81. The standard InChI is InChI=1S/C16H15BrClN/c1-10-5-6-11(9-15(10)18)19-16-8-7-12-13(16)3-2-4-14(12)17/h2-6,9,16,19H,7-8H2,1H3. The van der Waals surface area contributed by atoms with Crippen LogP contribution in [0.25, 0.3) is 0 Å². The molecule has 0 saturated carbocycles. The van der Waals surface area contributed by atoms with Crippen LogP contribution in [0.1, 0.15) is 29.2 Å². The van der Waals surface area contributed by atoms with Gasteiger partial charge in [-0.15, -0.1) is 0 Å². The third kappa shape index (κ3) is 2.52. The summed E-state index contributed by atoms with van der Waals surface area (Å²) in [7, 11) is 0. The molecule has 3 rings (SSSR count). The molecule has 1 nitrogen and oxygen atoms in total. The number of fused-ring (bicyclic) bond motifs is 1. The van der Waals surface area contributed by atoms with Crippen LogP contribution >= 0.6 is 27.5 Å². The summed E-state index contributed by atoms with van der Waals surface area (Å²) in [6.07, 6.45) is 2.25. The summed E-state index contributed by atoms with van der Waals surface area (Å²) in [6, 6.07) is 13.0. The first kappa shape index (κ1) is 13.0. The van der Waals surface area contributed by atoms with Gasteiger partial charge in [0.25, 0.3) is 0 Å². The van der Waals surface area contributed by atoms with Crippen LogP contribution in [-0.4, -0.2) is 0 Å². The Balaban J connectivity index is 1.86. The van der Waals surface area contributed by atoms with Gasteiger partial charge in [-0.3, -0.25) is 0 Å². The van der Waals surface area contributed by atoms with E-state index in [-0.39, 0.29) is 0 Å². The Kier molecular flexibility index (Phi) is 3.55. The summed E-state index contributed by atoms with van der Waals surface area (Å²) in [5.41, 5.74) is 5.03. The highest BCUT2D eigenvalue weighted by Gasteiger charge is 2.23. The highest BCUT2D eigenvalue weighted by Crippen LogP contribution is 2.37. The van der Waals surface area contributed by atoms with Crippen LogP contribution in [0, 0.1) is 6.92 Å². The molecule has 98 valence electrons. The van der Waals surface area contributed by atoms with Crippen molar-refractivity contribution < 1.29 is 0 Å². The lowest BCUT2D eigenvalue weighted by atomic mass is 10.1. The van der Waals surface area contributed by atoms with Gasteiger partial charge in [0.1, 0.15) is 0 Å². The Morgan fingerprint density at radius 2 is 2.11 bits per heavy atom. The van der Waals surface area contributed by atoms with Crippen molar-refractivity contribution in [3.05, 3.63) is 62.6 Å². The Hall–Kier alpha value is -0.990. The van der Waals surface area contributed by atoms with Crippen molar-refractivity contribution in [1.29, 1.82) is 0 Å². The summed E-state index contributed by atoms with van der Waals surface area (Å²) < 4.78 is 1.22. The summed E-state index contributed by atoms with van der Waals surface area (Å²) in [6.45, 7) is 2.02. The lowest BCUT2D eigenvalue weighted by Crippen LogP contribution is -2.07. The molecule has 0 amide bonds. The molecule has 1 unspecified atom stereocenters. The number of rotatable bonds is 2. The topological polar surface area (TPSA) is 12.0 Å². The molecule has 0 aromatic heterocycles. The average molecular weight is 337 g/mol. The average Bonchev–Trinajstić information content (AvgIpc) is 2.79. The Bertz CT molecular complexity index is 624. The monoisotopic (exact) mass is 335 g/mol. The lowest BCUT2D eigenvalue weighted by molar-refractivity contribution is 0.762. The molecule has 0 heterocycles. The van der Waals surface area contributed by atoms with E-state index in [1.54, 1.807) is 0 Å².